The molecule has 0 aromatic carbocycles. The van der Waals surface area contributed by atoms with Crippen LogP contribution >= 0.6 is 0 Å². The summed E-state index contributed by atoms with van der Waals surface area (Å²) >= 11 is 0. The Kier molecular flexibility index (Phi) is 17.7. The van der Waals surface area contributed by atoms with Gasteiger partial charge in [0.05, 0.1) is 33.0 Å². The van der Waals surface area contributed by atoms with E-state index in [-0.39, 0.29) is 24.2 Å². The van der Waals surface area contributed by atoms with Crippen LogP contribution in [0.4, 0.5) is 0 Å². The zero-order chi connectivity index (χ0) is 20.3. The van der Waals surface area contributed by atoms with Gasteiger partial charge in [-0.25, -0.2) is 0 Å². The summed E-state index contributed by atoms with van der Waals surface area (Å²) in [6, 6.07) is 0. The Morgan fingerprint density at radius 2 is 1.37 bits per heavy atom. The summed E-state index contributed by atoms with van der Waals surface area (Å²) in [5, 5.41) is 2.82. The van der Waals surface area contributed by atoms with Crippen LogP contribution in [0.25, 0.3) is 0 Å². The lowest BCUT2D eigenvalue weighted by Crippen LogP contribution is -2.27. The quantitative estimate of drug-likeness (QED) is 0.341. The standard InChI is InChI=1S/C20H39NO6/c1-17(2)7-10-24-9-5-6-20(23)21-8-11-25-12-13-26-14-15-27-16-19(22)18(3)4/h17-18H,5-16H2,1-4H3,(H,21,23). The van der Waals surface area contributed by atoms with Gasteiger partial charge in [-0.3, -0.25) is 9.59 Å². The number of hydrogen-bond donors (Lipinski definition) is 1. The van der Waals surface area contributed by atoms with E-state index in [9.17, 15) is 9.59 Å². The maximum atomic E-state index is 11.6. The highest BCUT2D eigenvalue weighted by molar-refractivity contribution is 5.81. The fraction of sp³-hybridized carbons (Fsp3) is 0.900. The van der Waals surface area contributed by atoms with E-state index in [1.165, 1.54) is 0 Å². The smallest absolute Gasteiger partial charge is 0.220 e. The van der Waals surface area contributed by atoms with E-state index < -0.39 is 0 Å². The Labute approximate surface area is 164 Å². The molecular weight excluding hydrogens is 350 g/mol. The third-order valence-electron chi connectivity index (χ3n) is 3.73. The number of Topliss-reactive ketones (excluding diaryl/α,β-unsaturated/α-hetero) is 1. The molecule has 0 aliphatic rings. The average Bonchev–Trinajstić information content (AvgIpc) is 2.61. The van der Waals surface area contributed by atoms with Crippen molar-refractivity contribution in [2.75, 3.05) is 59.4 Å². The first-order chi connectivity index (χ1) is 12.9. The summed E-state index contributed by atoms with van der Waals surface area (Å²) in [6.45, 7) is 12.3. The topological polar surface area (TPSA) is 83.1 Å². The summed E-state index contributed by atoms with van der Waals surface area (Å²) in [5.41, 5.74) is 0. The average molecular weight is 390 g/mol. The highest BCUT2D eigenvalue weighted by Gasteiger charge is 2.06. The normalized spacial score (nSPS) is 11.3. The molecule has 0 spiro atoms. The van der Waals surface area contributed by atoms with Gasteiger partial charge in [0, 0.05) is 32.1 Å². The maximum absolute atomic E-state index is 11.6. The first kappa shape index (κ1) is 26.0. The van der Waals surface area contributed by atoms with Crippen LogP contribution < -0.4 is 5.32 Å². The van der Waals surface area contributed by atoms with E-state index >= 15 is 0 Å². The molecule has 0 heterocycles. The molecule has 0 bridgehead atoms. The Morgan fingerprint density at radius 1 is 0.778 bits per heavy atom. The number of ether oxygens (including phenoxy) is 4. The van der Waals surface area contributed by atoms with Crippen molar-refractivity contribution in [1.29, 1.82) is 0 Å². The summed E-state index contributed by atoms with van der Waals surface area (Å²) in [4.78, 5) is 23.0. The molecule has 0 atom stereocenters. The molecule has 0 aromatic rings. The molecular formula is C20H39NO6. The molecule has 160 valence electrons. The summed E-state index contributed by atoms with van der Waals surface area (Å²) < 4.78 is 21.4. The van der Waals surface area contributed by atoms with Gasteiger partial charge < -0.3 is 24.3 Å². The predicted molar refractivity (Wildman–Crippen MR) is 105 cm³/mol. The third-order valence-corrected chi connectivity index (χ3v) is 3.73. The molecule has 1 amide bonds. The largest absolute Gasteiger partial charge is 0.381 e. The molecule has 0 aliphatic heterocycles. The first-order valence-electron chi connectivity index (χ1n) is 10.0. The number of rotatable bonds is 19. The van der Waals surface area contributed by atoms with E-state index in [2.05, 4.69) is 19.2 Å². The monoisotopic (exact) mass is 389 g/mol. The number of carbonyl (C=O) groups is 2. The van der Waals surface area contributed by atoms with Crippen LogP contribution in [0.2, 0.25) is 0 Å². The second-order valence-electron chi connectivity index (χ2n) is 7.15. The van der Waals surface area contributed by atoms with E-state index in [4.69, 9.17) is 18.9 Å². The van der Waals surface area contributed by atoms with Crippen molar-refractivity contribution >= 4 is 11.7 Å². The van der Waals surface area contributed by atoms with Crippen LogP contribution in [0.15, 0.2) is 0 Å². The van der Waals surface area contributed by atoms with E-state index in [1.54, 1.807) is 0 Å². The van der Waals surface area contributed by atoms with Crippen molar-refractivity contribution in [3.8, 4) is 0 Å². The van der Waals surface area contributed by atoms with Crippen LogP contribution in [0.3, 0.4) is 0 Å². The maximum Gasteiger partial charge on any atom is 0.220 e. The van der Waals surface area contributed by atoms with Crippen molar-refractivity contribution < 1.29 is 28.5 Å². The van der Waals surface area contributed by atoms with Crippen molar-refractivity contribution in [3.63, 3.8) is 0 Å². The zero-order valence-electron chi connectivity index (χ0n) is 17.6. The molecule has 0 aliphatic carbocycles. The minimum absolute atomic E-state index is 0.00265. The molecule has 0 aromatic heterocycles. The lowest BCUT2D eigenvalue weighted by atomic mass is 10.1. The first-order valence-corrected chi connectivity index (χ1v) is 10.0. The second-order valence-corrected chi connectivity index (χ2v) is 7.15. The van der Waals surface area contributed by atoms with E-state index in [0.717, 1.165) is 19.4 Å². The number of ketones is 1. The fourth-order valence-electron chi connectivity index (χ4n) is 1.89. The number of carbonyl (C=O) groups excluding carboxylic acids is 2. The molecule has 1 N–H and O–H groups in total. The lowest BCUT2D eigenvalue weighted by molar-refractivity contribution is -0.127. The molecule has 27 heavy (non-hydrogen) atoms. The fourth-order valence-corrected chi connectivity index (χ4v) is 1.89. The molecule has 7 heteroatoms. The molecule has 0 saturated carbocycles. The Hall–Kier alpha value is -1.02. The van der Waals surface area contributed by atoms with Gasteiger partial charge in [0.25, 0.3) is 0 Å². The van der Waals surface area contributed by atoms with Crippen LogP contribution in [0, 0.1) is 11.8 Å². The van der Waals surface area contributed by atoms with Gasteiger partial charge in [-0.15, -0.1) is 0 Å². The molecule has 0 saturated heterocycles. The Morgan fingerprint density at radius 3 is 2.00 bits per heavy atom. The van der Waals surface area contributed by atoms with E-state index in [0.29, 0.717) is 58.5 Å². The van der Waals surface area contributed by atoms with Gasteiger partial charge in [0.1, 0.15) is 6.61 Å². The highest BCUT2D eigenvalue weighted by atomic mass is 16.5. The summed E-state index contributed by atoms with van der Waals surface area (Å²) in [6.07, 6.45) is 2.27. The minimum Gasteiger partial charge on any atom is -0.381 e. The highest BCUT2D eigenvalue weighted by Crippen LogP contribution is 2.00. The zero-order valence-corrected chi connectivity index (χ0v) is 17.6. The van der Waals surface area contributed by atoms with E-state index in [1.807, 2.05) is 13.8 Å². The number of amides is 1. The predicted octanol–water partition coefficient (Wildman–Crippen LogP) is 2.22. The lowest BCUT2D eigenvalue weighted by Gasteiger charge is -2.09. The molecule has 7 nitrogen and oxygen atoms in total. The molecule has 0 radical (unpaired) electrons. The Bertz CT molecular complexity index is 373. The molecule has 0 rings (SSSR count). The van der Waals surface area contributed by atoms with Gasteiger partial charge >= 0.3 is 0 Å². The van der Waals surface area contributed by atoms with Gasteiger partial charge in [-0.2, -0.15) is 0 Å². The molecule has 0 fully saturated rings. The van der Waals surface area contributed by atoms with Gasteiger partial charge in [-0.1, -0.05) is 27.7 Å². The molecule has 0 unspecified atom stereocenters. The number of nitrogens with one attached hydrogen (secondary N) is 1. The van der Waals surface area contributed by atoms with Crippen LogP contribution in [0.1, 0.15) is 47.0 Å². The van der Waals surface area contributed by atoms with Crippen molar-refractivity contribution in [1.82, 2.24) is 5.32 Å². The van der Waals surface area contributed by atoms with Crippen LogP contribution in [-0.4, -0.2) is 71.1 Å². The van der Waals surface area contributed by atoms with Gasteiger partial charge in [0.2, 0.25) is 5.91 Å². The summed E-state index contributed by atoms with van der Waals surface area (Å²) in [5.74, 6) is 0.768. The minimum atomic E-state index is 0.00265. The summed E-state index contributed by atoms with van der Waals surface area (Å²) in [7, 11) is 0. The van der Waals surface area contributed by atoms with Crippen LogP contribution in [0.5, 0.6) is 0 Å². The van der Waals surface area contributed by atoms with Gasteiger partial charge in [-0.05, 0) is 18.8 Å². The second kappa shape index (κ2) is 18.3. The third kappa shape index (κ3) is 19.5. The Balaban J connectivity index is 3.23. The van der Waals surface area contributed by atoms with Crippen molar-refractivity contribution in [3.05, 3.63) is 0 Å². The van der Waals surface area contributed by atoms with Crippen LogP contribution in [-0.2, 0) is 28.5 Å². The van der Waals surface area contributed by atoms with Gasteiger partial charge in [0.15, 0.2) is 5.78 Å². The number of hydrogen-bond acceptors (Lipinski definition) is 6. The van der Waals surface area contributed by atoms with Crippen molar-refractivity contribution in [2.45, 2.75) is 47.0 Å². The van der Waals surface area contributed by atoms with Crippen molar-refractivity contribution in [2.24, 2.45) is 11.8 Å². The SMILES string of the molecule is CC(C)CCOCCCC(=O)NCCOCCOCCOCC(=O)C(C)C.